The second-order valence-corrected chi connectivity index (χ2v) is 7.19. The molecule has 0 radical (unpaired) electrons. The maximum Gasteiger partial charge on any atom is 0.103 e. The minimum Gasteiger partial charge on any atom is -0.315 e. The van der Waals surface area contributed by atoms with Gasteiger partial charge in [-0.15, -0.1) is 11.3 Å². The molecular formula is C12H22N2S2. The first-order chi connectivity index (χ1) is 7.54. The molecule has 0 unspecified atom stereocenters. The summed E-state index contributed by atoms with van der Waals surface area (Å²) in [4.78, 5) is 6.16. The summed E-state index contributed by atoms with van der Waals surface area (Å²) in [5, 5.41) is 5.17. The van der Waals surface area contributed by atoms with Crippen LogP contribution in [0.2, 0.25) is 0 Å². The van der Waals surface area contributed by atoms with E-state index in [2.05, 4.69) is 33.0 Å². The van der Waals surface area contributed by atoms with E-state index in [4.69, 9.17) is 4.98 Å². The lowest BCUT2D eigenvalue weighted by Gasteiger charge is -2.03. The SMILES string of the molecule is CNCc1sc(CSC(C)C)nc1C(C)C. The fraction of sp³-hybridized carbons (Fsp3) is 0.750. The van der Waals surface area contributed by atoms with Crippen molar-refractivity contribution in [3.63, 3.8) is 0 Å². The number of hydrogen-bond donors (Lipinski definition) is 1. The van der Waals surface area contributed by atoms with Gasteiger partial charge >= 0.3 is 0 Å². The van der Waals surface area contributed by atoms with E-state index in [1.165, 1.54) is 15.6 Å². The van der Waals surface area contributed by atoms with E-state index in [9.17, 15) is 0 Å². The van der Waals surface area contributed by atoms with Crippen molar-refractivity contribution < 1.29 is 0 Å². The maximum absolute atomic E-state index is 4.76. The highest BCUT2D eigenvalue weighted by molar-refractivity contribution is 7.99. The first-order valence-electron chi connectivity index (χ1n) is 5.79. The van der Waals surface area contributed by atoms with Crippen molar-refractivity contribution >= 4 is 23.1 Å². The molecule has 0 amide bonds. The number of nitrogens with one attached hydrogen (secondary N) is 1. The standard InChI is InChI=1S/C12H22N2S2/c1-8(2)12-10(6-13-5)16-11(14-12)7-15-9(3)4/h8-9,13H,6-7H2,1-5H3. The van der Waals surface area contributed by atoms with E-state index < -0.39 is 0 Å². The van der Waals surface area contributed by atoms with Gasteiger partial charge in [0.15, 0.2) is 0 Å². The molecule has 0 fully saturated rings. The zero-order chi connectivity index (χ0) is 12.1. The lowest BCUT2D eigenvalue weighted by Crippen LogP contribution is -2.06. The van der Waals surface area contributed by atoms with Crippen LogP contribution in [0.25, 0.3) is 0 Å². The normalized spacial score (nSPS) is 11.7. The highest BCUT2D eigenvalue weighted by Gasteiger charge is 2.13. The monoisotopic (exact) mass is 258 g/mol. The fourth-order valence-corrected chi connectivity index (χ4v) is 3.46. The number of rotatable bonds is 6. The smallest absolute Gasteiger partial charge is 0.103 e. The van der Waals surface area contributed by atoms with Crippen molar-refractivity contribution in [2.45, 2.75) is 51.2 Å². The molecule has 16 heavy (non-hydrogen) atoms. The Bertz CT molecular complexity index is 319. The van der Waals surface area contributed by atoms with Crippen molar-refractivity contribution in [3.05, 3.63) is 15.6 Å². The first-order valence-corrected chi connectivity index (χ1v) is 7.65. The van der Waals surface area contributed by atoms with E-state index >= 15 is 0 Å². The van der Waals surface area contributed by atoms with E-state index in [0.717, 1.165) is 12.3 Å². The molecule has 0 spiro atoms. The lowest BCUT2D eigenvalue weighted by atomic mass is 10.1. The van der Waals surface area contributed by atoms with Crippen molar-refractivity contribution in [2.75, 3.05) is 7.05 Å². The molecule has 0 aromatic carbocycles. The van der Waals surface area contributed by atoms with Crippen LogP contribution < -0.4 is 5.32 Å². The summed E-state index contributed by atoms with van der Waals surface area (Å²) in [6, 6.07) is 0. The number of hydrogen-bond acceptors (Lipinski definition) is 4. The van der Waals surface area contributed by atoms with Crippen LogP contribution in [0.15, 0.2) is 0 Å². The van der Waals surface area contributed by atoms with Gasteiger partial charge in [0.1, 0.15) is 5.01 Å². The van der Waals surface area contributed by atoms with Gasteiger partial charge in [-0.05, 0) is 18.2 Å². The van der Waals surface area contributed by atoms with E-state index in [-0.39, 0.29) is 0 Å². The number of aromatic nitrogens is 1. The molecule has 0 saturated carbocycles. The summed E-state index contributed by atoms with van der Waals surface area (Å²) in [6.45, 7) is 9.84. The number of thiazole rings is 1. The van der Waals surface area contributed by atoms with Gasteiger partial charge in [0.05, 0.1) is 5.69 Å². The Balaban J connectivity index is 2.75. The van der Waals surface area contributed by atoms with E-state index in [1.54, 1.807) is 0 Å². The molecule has 2 nitrogen and oxygen atoms in total. The van der Waals surface area contributed by atoms with Crippen molar-refractivity contribution in [3.8, 4) is 0 Å². The molecule has 0 saturated heterocycles. The van der Waals surface area contributed by atoms with Gasteiger partial charge in [-0.1, -0.05) is 27.7 Å². The minimum atomic E-state index is 0.525. The van der Waals surface area contributed by atoms with Gasteiger partial charge in [0.25, 0.3) is 0 Å². The van der Waals surface area contributed by atoms with E-state index in [1.807, 2.05) is 30.1 Å². The minimum absolute atomic E-state index is 0.525. The van der Waals surface area contributed by atoms with Gasteiger partial charge in [-0.3, -0.25) is 0 Å². The third-order valence-electron chi connectivity index (χ3n) is 2.20. The first kappa shape index (κ1) is 14.0. The van der Waals surface area contributed by atoms with Crippen LogP contribution in [0.1, 0.15) is 49.2 Å². The summed E-state index contributed by atoms with van der Waals surface area (Å²) in [6.07, 6.45) is 0. The second kappa shape index (κ2) is 6.62. The highest BCUT2D eigenvalue weighted by Crippen LogP contribution is 2.28. The Morgan fingerprint density at radius 2 is 2.00 bits per heavy atom. The molecule has 0 aliphatic heterocycles. The molecule has 1 rings (SSSR count). The van der Waals surface area contributed by atoms with Crippen LogP contribution >= 0.6 is 23.1 Å². The molecule has 92 valence electrons. The van der Waals surface area contributed by atoms with Gasteiger partial charge in [-0.25, -0.2) is 4.98 Å². The lowest BCUT2D eigenvalue weighted by molar-refractivity contribution is 0.769. The molecule has 0 atom stereocenters. The van der Waals surface area contributed by atoms with Crippen molar-refractivity contribution in [1.29, 1.82) is 0 Å². The Labute approximate surface area is 107 Å². The Hall–Kier alpha value is -0.0600. The maximum atomic E-state index is 4.76. The zero-order valence-corrected chi connectivity index (χ0v) is 12.5. The van der Waals surface area contributed by atoms with Crippen molar-refractivity contribution in [2.24, 2.45) is 0 Å². The zero-order valence-electron chi connectivity index (χ0n) is 10.8. The molecule has 1 N–H and O–H groups in total. The third-order valence-corrected chi connectivity index (χ3v) is 4.56. The topological polar surface area (TPSA) is 24.9 Å². The summed E-state index contributed by atoms with van der Waals surface area (Å²) in [7, 11) is 1.99. The van der Waals surface area contributed by atoms with Gasteiger partial charge in [0.2, 0.25) is 0 Å². The van der Waals surface area contributed by atoms with Crippen LogP contribution in [0, 0.1) is 0 Å². The summed E-state index contributed by atoms with van der Waals surface area (Å²) < 4.78 is 0. The summed E-state index contributed by atoms with van der Waals surface area (Å²) >= 11 is 3.82. The number of nitrogens with zero attached hydrogens (tertiary/aromatic N) is 1. The fourth-order valence-electron chi connectivity index (χ4n) is 1.45. The van der Waals surface area contributed by atoms with Gasteiger partial charge in [-0.2, -0.15) is 11.8 Å². The molecule has 1 heterocycles. The van der Waals surface area contributed by atoms with Crippen LogP contribution in [-0.2, 0) is 12.3 Å². The average molecular weight is 258 g/mol. The van der Waals surface area contributed by atoms with Gasteiger partial charge < -0.3 is 5.32 Å². The summed E-state index contributed by atoms with van der Waals surface area (Å²) in [5.74, 6) is 1.57. The molecule has 0 aliphatic carbocycles. The molecule has 1 aromatic rings. The predicted molar refractivity (Wildman–Crippen MR) is 75.4 cm³/mol. The summed E-state index contributed by atoms with van der Waals surface area (Å²) in [5.41, 5.74) is 1.28. The molecule has 1 aromatic heterocycles. The molecule has 0 bridgehead atoms. The van der Waals surface area contributed by atoms with Crippen LogP contribution in [0.5, 0.6) is 0 Å². The third kappa shape index (κ3) is 4.07. The van der Waals surface area contributed by atoms with Gasteiger partial charge in [0, 0.05) is 17.2 Å². The highest BCUT2D eigenvalue weighted by atomic mass is 32.2. The Morgan fingerprint density at radius 3 is 2.50 bits per heavy atom. The molecule has 4 heteroatoms. The quantitative estimate of drug-likeness (QED) is 0.843. The van der Waals surface area contributed by atoms with Crippen LogP contribution in [0.3, 0.4) is 0 Å². The van der Waals surface area contributed by atoms with Crippen molar-refractivity contribution in [1.82, 2.24) is 10.3 Å². The predicted octanol–water partition coefficient (Wildman–Crippen LogP) is 3.63. The van der Waals surface area contributed by atoms with E-state index in [0.29, 0.717) is 11.2 Å². The van der Waals surface area contributed by atoms with Crippen LogP contribution in [0.4, 0.5) is 0 Å². The largest absolute Gasteiger partial charge is 0.315 e. The molecular weight excluding hydrogens is 236 g/mol. The van der Waals surface area contributed by atoms with Crippen LogP contribution in [-0.4, -0.2) is 17.3 Å². The average Bonchev–Trinajstić information content (AvgIpc) is 2.59. The Kier molecular flexibility index (Phi) is 5.79. The molecule has 0 aliphatic rings. The number of thioether (sulfide) groups is 1. The Morgan fingerprint density at radius 1 is 1.31 bits per heavy atom. The second-order valence-electron chi connectivity index (χ2n) is 4.46.